The third kappa shape index (κ3) is 8.72. The Bertz CT molecular complexity index is 980. The Morgan fingerprint density at radius 1 is 1.24 bits per heavy atom. The van der Waals surface area contributed by atoms with E-state index in [0.29, 0.717) is 23.6 Å². The summed E-state index contributed by atoms with van der Waals surface area (Å²) in [4.78, 5) is 11.4. The van der Waals surface area contributed by atoms with Gasteiger partial charge in [0.25, 0.3) is 5.91 Å². The van der Waals surface area contributed by atoms with Crippen LogP contribution < -0.4 is 21.1 Å². The predicted molar refractivity (Wildman–Crippen MR) is 132 cm³/mol. The van der Waals surface area contributed by atoms with Gasteiger partial charge in [0.05, 0.1) is 11.7 Å². The fourth-order valence-corrected chi connectivity index (χ4v) is 3.40. The molecule has 1 aliphatic rings. The summed E-state index contributed by atoms with van der Waals surface area (Å²) < 4.78 is 18.7. The number of halogens is 1. The number of piperidine rings is 1. The number of nitrogens with one attached hydrogen (secondary N) is 2. The van der Waals surface area contributed by atoms with Crippen molar-refractivity contribution in [1.29, 1.82) is 0 Å². The monoisotopic (exact) mass is 451 g/mol. The van der Waals surface area contributed by atoms with Crippen LogP contribution in [-0.4, -0.2) is 25.2 Å². The van der Waals surface area contributed by atoms with E-state index in [1.165, 1.54) is 0 Å². The van der Waals surface area contributed by atoms with Crippen LogP contribution in [0.25, 0.3) is 5.83 Å². The average Bonchev–Trinajstić information content (AvgIpc) is 2.78. The van der Waals surface area contributed by atoms with Gasteiger partial charge in [0, 0.05) is 19.0 Å². The van der Waals surface area contributed by atoms with Crippen LogP contribution in [0.15, 0.2) is 61.2 Å². The van der Waals surface area contributed by atoms with Crippen molar-refractivity contribution in [2.24, 2.45) is 17.1 Å². The van der Waals surface area contributed by atoms with Crippen molar-refractivity contribution in [3.63, 3.8) is 0 Å². The number of ether oxygens (including phenoxy) is 1. The molecule has 3 rings (SSSR count). The highest BCUT2D eigenvalue weighted by atomic mass is 19.1. The summed E-state index contributed by atoms with van der Waals surface area (Å²) in [6, 6.07) is 16.2. The smallest absolute Gasteiger partial charge is 0.295 e. The van der Waals surface area contributed by atoms with Crippen LogP contribution >= 0.6 is 0 Å². The molecule has 0 radical (unpaired) electrons. The summed E-state index contributed by atoms with van der Waals surface area (Å²) >= 11 is 0. The molecule has 1 amide bonds. The van der Waals surface area contributed by atoms with Gasteiger partial charge in [-0.05, 0) is 48.4 Å². The van der Waals surface area contributed by atoms with Crippen molar-refractivity contribution in [3.8, 4) is 23.3 Å². The molecule has 2 atom stereocenters. The van der Waals surface area contributed by atoms with Crippen LogP contribution in [0.3, 0.4) is 0 Å². The largest absolute Gasteiger partial charge is 0.457 e. The molecule has 4 N–H and O–H groups in total. The fraction of sp³-hybridized carbons (Fsp3) is 0.370. The molecule has 2 aromatic rings. The van der Waals surface area contributed by atoms with E-state index in [4.69, 9.17) is 10.5 Å². The van der Waals surface area contributed by atoms with Gasteiger partial charge in [0.2, 0.25) is 0 Å². The summed E-state index contributed by atoms with van der Waals surface area (Å²) in [5.41, 5.74) is 6.29. The van der Waals surface area contributed by atoms with E-state index in [1.807, 2.05) is 37.3 Å². The van der Waals surface area contributed by atoms with Crippen LogP contribution in [0, 0.1) is 23.2 Å². The second-order valence-electron chi connectivity index (χ2n) is 8.60. The van der Waals surface area contributed by atoms with Gasteiger partial charge in [-0.15, -0.1) is 0 Å². The normalized spacial score (nSPS) is 18.6. The topological polar surface area (TPSA) is 76.4 Å². The van der Waals surface area contributed by atoms with Crippen molar-refractivity contribution in [1.82, 2.24) is 10.6 Å². The second-order valence-corrected chi connectivity index (χ2v) is 8.60. The average molecular weight is 452 g/mol. The molecule has 1 saturated heterocycles. The Hall–Kier alpha value is -3.14. The van der Waals surface area contributed by atoms with E-state index in [2.05, 4.69) is 42.9 Å². The molecule has 0 bridgehead atoms. The van der Waals surface area contributed by atoms with Gasteiger partial charge in [-0.2, -0.15) is 0 Å². The molecule has 176 valence electrons. The van der Waals surface area contributed by atoms with Crippen molar-refractivity contribution in [2.45, 2.75) is 39.8 Å². The zero-order chi connectivity index (χ0) is 24.3. The van der Waals surface area contributed by atoms with Crippen LogP contribution in [0.1, 0.15) is 39.2 Å². The van der Waals surface area contributed by atoms with Crippen LogP contribution in [0.4, 0.5) is 4.39 Å². The minimum atomic E-state index is -0.494. The quantitative estimate of drug-likeness (QED) is 0.568. The number of carbonyl (C=O) groups excluding carboxylic acids is 1. The minimum absolute atomic E-state index is 0.0389. The van der Waals surface area contributed by atoms with E-state index in [0.717, 1.165) is 19.4 Å². The Labute approximate surface area is 196 Å². The lowest BCUT2D eigenvalue weighted by atomic mass is 9.73. The number of benzene rings is 2. The number of hydrogen-bond acceptors (Lipinski definition) is 4. The molecule has 1 heterocycles. The highest BCUT2D eigenvalue weighted by Gasteiger charge is 2.34. The molecule has 1 aliphatic heterocycles. The van der Waals surface area contributed by atoms with Crippen LogP contribution in [-0.2, 0) is 4.79 Å². The Morgan fingerprint density at radius 2 is 1.91 bits per heavy atom. The number of carbonyl (C=O) groups is 1. The molecule has 5 nitrogen and oxygen atoms in total. The maximum Gasteiger partial charge on any atom is 0.295 e. The fourth-order valence-electron chi connectivity index (χ4n) is 3.40. The molecule has 2 aromatic carbocycles. The third-order valence-corrected chi connectivity index (χ3v) is 5.32. The Morgan fingerprint density at radius 3 is 2.55 bits per heavy atom. The summed E-state index contributed by atoms with van der Waals surface area (Å²) in [6.45, 7) is 11.0. The highest BCUT2D eigenvalue weighted by molar-refractivity contribution is 5.93. The zero-order valence-electron chi connectivity index (χ0n) is 19.7. The van der Waals surface area contributed by atoms with E-state index < -0.39 is 5.83 Å². The maximum atomic E-state index is 13.1. The van der Waals surface area contributed by atoms with Gasteiger partial charge in [0.1, 0.15) is 17.3 Å². The first-order chi connectivity index (χ1) is 15.7. The first-order valence-corrected chi connectivity index (χ1v) is 11.2. The van der Waals surface area contributed by atoms with Gasteiger partial charge >= 0.3 is 0 Å². The standard InChI is InChI=1S/C14H11FO.C13H23N3O/c1-11(15)13-9-5-6-10-14(13)16-12-7-3-2-4-8-12;1-4-7-15-12(17)6-5-10-9-16-11(14)8-13(10,2)3/h2-10H,1H2;10-11,16H,4,7-9,14H2,1-3H3,(H,15,17). The van der Waals surface area contributed by atoms with Gasteiger partial charge < -0.3 is 21.1 Å². The third-order valence-electron chi connectivity index (χ3n) is 5.32. The molecular formula is C27H34FN3O2. The molecule has 6 heteroatoms. The molecular weight excluding hydrogens is 417 g/mol. The molecule has 0 aliphatic carbocycles. The summed E-state index contributed by atoms with van der Waals surface area (Å²) in [7, 11) is 0. The molecule has 2 unspecified atom stereocenters. The van der Waals surface area contributed by atoms with Crippen LogP contribution in [0.2, 0.25) is 0 Å². The second kappa shape index (κ2) is 12.8. The summed E-state index contributed by atoms with van der Waals surface area (Å²) in [5, 5.41) is 5.95. The van der Waals surface area contributed by atoms with E-state index in [-0.39, 0.29) is 23.4 Å². The highest BCUT2D eigenvalue weighted by Crippen LogP contribution is 2.33. The Balaban J connectivity index is 0.000000234. The van der Waals surface area contributed by atoms with E-state index in [9.17, 15) is 9.18 Å². The van der Waals surface area contributed by atoms with Crippen molar-refractivity contribution < 1.29 is 13.9 Å². The number of para-hydroxylation sites is 2. The van der Waals surface area contributed by atoms with E-state index in [1.54, 1.807) is 24.3 Å². The van der Waals surface area contributed by atoms with Gasteiger partial charge in [-0.25, -0.2) is 4.39 Å². The van der Waals surface area contributed by atoms with Gasteiger partial charge in [-0.3, -0.25) is 4.79 Å². The molecule has 0 saturated carbocycles. The maximum absolute atomic E-state index is 13.1. The number of amides is 1. The molecule has 0 spiro atoms. The first-order valence-electron chi connectivity index (χ1n) is 11.2. The van der Waals surface area contributed by atoms with Crippen molar-refractivity contribution in [2.75, 3.05) is 13.1 Å². The SMILES string of the molecule is C=C(F)c1ccccc1Oc1ccccc1.CCCNC(=O)C#CC1CNC(N)CC1(C)C. The molecule has 0 aromatic heterocycles. The number of nitrogens with two attached hydrogens (primary N) is 1. The molecule has 1 fully saturated rings. The van der Waals surface area contributed by atoms with Crippen LogP contribution in [0.5, 0.6) is 11.5 Å². The lowest BCUT2D eigenvalue weighted by Gasteiger charge is -2.39. The minimum Gasteiger partial charge on any atom is -0.457 e. The van der Waals surface area contributed by atoms with Gasteiger partial charge in [-0.1, -0.05) is 63.6 Å². The van der Waals surface area contributed by atoms with Crippen molar-refractivity contribution >= 4 is 11.7 Å². The molecule has 33 heavy (non-hydrogen) atoms. The lowest BCUT2D eigenvalue weighted by molar-refractivity contribution is -0.115. The zero-order valence-corrected chi connectivity index (χ0v) is 19.7. The summed E-state index contributed by atoms with van der Waals surface area (Å²) in [6.07, 6.45) is 1.85. The van der Waals surface area contributed by atoms with E-state index >= 15 is 0 Å². The predicted octanol–water partition coefficient (Wildman–Crippen LogP) is 4.86. The first kappa shape index (κ1) is 26.1. The number of rotatable bonds is 5. The Kier molecular flexibility index (Phi) is 10.1. The van der Waals surface area contributed by atoms with Gasteiger partial charge in [0.15, 0.2) is 0 Å². The number of hydrogen-bond donors (Lipinski definition) is 3. The summed E-state index contributed by atoms with van der Waals surface area (Å²) in [5.74, 6) is 6.39. The lowest BCUT2D eigenvalue weighted by Crippen LogP contribution is -2.51. The van der Waals surface area contributed by atoms with Crippen molar-refractivity contribution in [3.05, 3.63) is 66.7 Å².